The molecule has 0 aliphatic rings. The molecule has 0 aliphatic carbocycles. The maximum absolute atomic E-state index is 12.8. The molecule has 0 radical (unpaired) electrons. The van der Waals surface area contributed by atoms with Gasteiger partial charge in [0.15, 0.2) is 17.3 Å². The van der Waals surface area contributed by atoms with Crippen molar-refractivity contribution in [3.05, 3.63) is 73.7 Å². The molecule has 1 unspecified atom stereocenters. The number of thiazole rings is 1. The van der Waals surface area contributed by atoms with E-state index in [9.17, 15) is 4.79 Å². The van der Waals surface area contributed by atoms with E-state index in [0.717, 1.165) is 29.0 Å². The van der Waals surface area contributed by atoms with E-state index in [4.69, 9.17) is 32.7 Å². The first-order valence-electron chi connectivity index (χ1n) is 9.55. The summed E-state index contributed by atoms with van der Waals surface area (Å²) in [6, 6.07) is 11.2. The number of aromatic nitrogens is 1. The summed E-state index contributed by atoms with van der Waals surface area (Å²) in [7, 11) is 3.23. The van der Waals surface area contributed by atoms with Gasteiger partial charge in [-0.3, -0.25) is 4.79 Å². The number of nitrogens with zero attached hydrogens (tertiary/aromatic N) is 1. The highest BCUT2D eigenvalue weighted by Crippen LogP contribution is 2.30. The summed E-state index contributed by atoms with van der Waals surface area (Å²) < 4.78 is 10.6. The second-order valence-electron chi connectivity index (χ2n) is 7.00. The number of ketones is 1. The number of aryl methyl sites for hydroxylation is 1. The third-order valence-electron chi connectivity index (χ3n) is 4.96. The summed E-state index contributed by atoms with van der Waals surface area (Å²) in [6.07, 6.45) is 1.99. The molecule has 0 saturated carbocycles. The molecule has 158 valence electrons. The van der Waals surface area contributed by atoms with Crippen LogP contribution in [0.5, 0.6) is 11.5 Å². The van der Waals surface area contributed by atoms with E-state index in [1.807, 2.05) is 36.6 Å². The zero-order chi connectivity index (χ0) is 21.7. The average molecular weight is 464 g/mol. The minimum Gasteiger partial charge on any atom is -0.493 e. The van der Waals surface area contributed by atoms with Crippen molar-refractivity contribution >= 4 is 40.3 Å². The molecule has 1 atom stereocenters. The predicted molar refractivity (Wildman–Crippen MR) is 123 cm³/mol. The Balaban J connectivity index is 1.63. The zero-order valence-corrected chi connectivity index (χ0v) is 19.4. The van der Waals surface area contributed by atoms with Crippen molar-refractivity contribution in [2.45, 2.75) is 26.2 Å². The first kappa shape index (κ1) is 22.6. The monoisotopic (exact) mass is 463 g/mol. The first-order chi connectivity index (χ1) is 14.4. The number of methoxy groups -OCH3 is 2. The fourth-order valence-electron chi connectivity index (χ4n) is 3.16. The van der Waals surface area contributed by atoms with Gasteiger partial charge >= 0.3 is 0 Å². The van der Waals surface area contributed by atoms with Gasteiger partial charge in [-0.2, -0.15) is 0 Å². The van der Waals surface area contributed by atoms with Gasteiger partial charge in [-0.15, -0.1) is 11.3 Å². The molecule has 0 N–H and O–H groups in total. The fourth-order valence-corrected chi connectivity index (χ4v) is 4.49. The lowest BCUT2D eigenvalue weighted by Crippen LogP contribution is -2.13. The molecule has 0 aliphatic heterocycles. The van der Waals surface area contributed by atoms with Crippen LogP contribution >= 0.6 is 34.5 Å². The average Bonchev–Trinajstić information content (AvgIpc) is 3.22. The van der Waals surface area contributed by atoms with Crippen LogP contribution in [-0.4, -0.2) is 25.0 Å². The molecule has 3 aromatic rings. The van der Waals surface area contributed by atoms with Gasteiger partial charge in [0.05, 0.1) is 19.2 Å². The molecule has 0 spiro atoms. The van der Waals surface area contributed by atoms with Crippen molar-refractivity contribution in [2.24, 2.45) is 5.92 Å². The summed E-state index contributed by atoms with van der Waals surface area (Å²) in [5, 5.41) is 3.85. The van der Waals surface area contributed by atoms with Crippen molar-refractivity contribution < 1.29 is 14.3 Å². The van der Waals surface area contributed by atoms with Crippen molar-refractivity contribution in [2.75, 3.05) is 14.2 Å². The molecule has 7 heteroatoms. The van der Waals surface area contributed by atoms with Gasteiger partial charge in [-0.25, -0.2) is 4.98 Å². The SMILES string of the molecule is COc1ccc(CCC(C)C(=O)c2csc(Cc3c(Cl)cccc3Cl)n2)cc1OC. The maximum Gasteiger partial charge on any atom is 0.184 e. The van der Waals surface area contributed by atoms with Gasteiger partial charge < -0.3 is 9.47 Å². The lowest BCUT2D eigenvalue weighted by molar-refractivity contribution is 0.0920. The van der Waals surface area contributed by atoms with E-state index in [1.165, 1.54) is 11.3 Å². The van der Waals surface area contributed by atoms with Crippen LogP contribution in [0.25, 0.3) is 0 Å². The molecular formula is C23H23Cl2NO3S. The summed E-state index contributed by atoms with van der Waals surface area (Å²) in [6.45, 7) is 1.94. The Morgan fingerprint density at radius 3 is 2.47 bits per heavy atom. The van der Waals surface area contributed by atoms with Crippen LogP contribution < -0.4 is 9.47 Å². The number of benzene rings is 2. The summed E-state index contributed by atoms with van der Waals surface area (Å²) in [4.78, 5) is 17.4. The molecule has 4 nitrogen and oxygen atoms in total. The second-order valence-corrected chi connectivity index (χ2v) is 8.75. The molecule has 2 aromatic carbocycles. The number of ether oxygens (including phenoxy) is 2. The highest BCUT2D eigenvalue weighted by Gasteiger charge is 2.19. The largest absolute Gasteiger partial charge is 0.493 e. The Morgan fingerprint density at radius 1 is 1.10 bits per heavy atom. The Hall–Kier alpha value is -2.08. The van der Waals surface area contributed by atoms with Gasteiger partial charge in [0.25, 0.3) is 0 Å². The Kier molecular flexibility index (Phi) is 7.75. The number of hydrogen-bond acceptors (Lipinski definition) is 5. The number of Topliss-reactive ketones (excluding diaryl/α,β-unsaturated/α-hetero) is 1. The van der Waals surface area contributed by atoms with Gasteiger partial charge in [-0.05, 0) is 48.2 Å². The number of carbonyl (C=O) groups excluding carboxylic acids is 1. The van der Waals surface area contributed by atoms with Gasteiger partial charge in [-0.1, -0.05) is 42.3 Å². The standard InChI is InChI=1S/C23H23Cl2NO3S/c1-14(7-8-15-9-10-20(28-2)21(11-15)29-3)23(27)19-13-30-22(26-19)12-16-17(24)5-4-6-18(16)25/h4-6,9-11,13-14H,7-8,12H2,1-3H3. The number of hydrogen-bond donors (Lipinski definition) is 0. The second kappa shape index (κ2) is 10.3. The molecule has 1 aromatic heterocycles. The van der Waals surface area contributed by atoms with Gasteiger partial charge in [0.1, 0.15) is 5.69 Å². The molecular weight excluding hydrogens is 441 g/mol. The minimum atomic E-state index is -0.142. The number of carbonyl (C=O) groups is 1. The smallest absolute Gasteiger partial charge is 0.184 e. The highest BCUT2D eigenvalue weighted by molar-refractivity contribution is 7.09. The molecule has 0 saturated heterocycles. The van der Waals surface area contributed by atoms with E-state index in [-0.39, 0.29) is 11.7 Å². The van der Waals surface area contributed by atoms with Crippen molar-refractivity contribution in [3.8, 4) is 11.5 Å². The van der Waals surface area contributed by atoms with Crippen LogP contribution in [0.2, 0.25) is 10.0 Å². The summed E-state index contributed by atoms with van der Waals surface area (Å²) in [5.74, 6) is 1.29. The summed E-state index contributed by atoms with van der Waals surface area (Å²) >= 11 is 13.9. The van der Waals surface area contributed by atoms with Gasteiger partial charge in [0.2, 0.25) is 0 Å². The van der Waals surface area contributed by atoms with E-state index < -0.39 is 0 Å². The Bertz CT molecular complexity index is 1010. The normalized spacial score (nSPS) is 11.9. The molecule has 1 heterocycles. The summed E-state index contributed by atoms with van der Waals surface area (Å²) in [5.41, 5.74) is 2.42. The minimum absolute atomic E-state index is 0.0447. The molecule has 0 amide bonds. The van der Waals surface area contributed by atoms with Crippen LogP contribution in [0.4, 0.5) is 0 Å². The van der Waals surface area contributed by atoms with Crippen LogP contribution in [0.1, 0.15) is 40.0 Å². The van der Waals surface area contributed by atoms with Crippen LogP contribution in [0.3, 0.4) is 0 Å². The third kappa shape index (κ3) is 5.34. The zero-order valence-electron chi connectivity index (χ0n) is 17.1. The number of rotatable bonds is 9. The Morgan fingerprint density at radius 2 is 1.80 bits per heavy atom. The van der Waals surface area contributed by atoms with E-state index in [0.29, 0.717) is 33.7 Å². The fraction of sp³-hybridized carbons (Fsp3) is 0.304. The third-order valence-corrected chi connectivity index (χ3v) is 6.51. The van der Waals surface area contributed by atoms with Crippen molar-refractivity contribution in [1.82, 2.24) is 4.98 Å². The van der Waals surface area contributed by atoms with Crippen LogP contribution in [0, 0.1) is 5.92 Å². The molecule has 3 rings (SSSR count). The first-order valence-corrected chi connectivity index (χ1v) is 11.2. The molecule has 30 heavy (non-hydrogen) atoms. The van der Waals surface area contributed by atoms with E-state index in [1.54, 1.807) is 26.4 Å². The molecule has 0 bridgehead atoms. The highest BCUT2D eigenvalue weighted by atomic mass is 35.5. The van der Waals surface area contributed by atoms with Gasteiger partial charge in [0, 0.05) is 27.8 Å². The lowest BCUT2D eigenvalue weighted by Gasteiger charge is -2.11. The maximum atomic E-state index is 12.8. The quantitative estimate of drug-likeness (QED) is 0.339. The van der Waals surface area contributed by atoms with Crippen molar-refractivity contribution in [3.63, 3.8) is 0 Å². The van der Waals surface area contributed by atoms with Crippen LogP contribution in [0.15, 0.2) is 41.8 Å². The van der Waals surface area contributed by atoms with E-state index in [2.05, 4.69) is 4.98 Å². The molecule has 0 fully saturated rings. The number of halogens is 2. The Labute approximate surface area is 190 Å². The van der Waals surface area contributed by atoms with Crippen molar-refractivity contribution in [1.29, 1.82) is 0 Å². The van der Waals surface area contributed by atoms with E-state index >= 15 is 0 Å². The predicted octanol–water partition coefficient (Wildman–Crippen LogP) is 6.51. The topological polar surface area (TPSA) is 48.4 Å². The lowest BCUT2D eigenvalue weighted by atomic mass is 9.96. The van der Waals surface area contributed by atoms with Crippen LogP contribution in [-0.2, 0) is 12.8 Å².